The molecule has 2 aliphatic heterocycles. The summed E-state index contributed by atoms with van der Waals surface area (Å²) in [6.45, 7) is 5.75. The Morgan fingerprint density at radius 1 is 1.00 bits per heavy atom. The number of rotatable bonds is 14. The standard InChI is InChI=1S/C39H49ClN4O5/c1-2-49-36(46)35(28-45)44-24-9-15-34(27-44)42-37(47)41-29-38(30-11-5-3-6-12-30,31-13-7-4-8-14-31)20-10-23-43-25-21-39(48,22-26-43)32-16-18-33(40)19-17-32/h3-8,11-14,16-19,28,34-35,48H,2,9-10,15,20-27,29H2,1H3,(H2,41,42,47). The number of carbonyl (C=O) groups excluding carboxylic acids is 3. The number of urea groups is 1. The van der Waals surface area contributed by atoms with Crippen molar-refractivity contribution in [2.24, 2.45) is 0 Å². The Hall–Kier alpha value is -3.76. The number of benzene rings is 3. The number of hydrogen-bond donors (Lipinski definition) is 3. The Morgan fingerprint density at radius 2 is 1.63 bits per heavy atom. The van der Waals surface area contributed by atoms with E-state index in [-0.39, 0.29) is 18.7 Å². The highest BCUT2D eigenvalue weighted by Gasteiger charge is 2.37. The van der Waals surface area contributed by atoms with E-state index >= 15 is 0 Å². The number of carbonyl (C=O) groups is 3. The van der Waals surface area contributed by atoms with Gasteiger partial charge in [0, 0.05) is 42.7 Å². The van der Waals surface area contributed by atoms with Gasteiger partial charge in [-0.3, -0.25) is 4.90 Å². The number of likely N-dealkylation sites (tertiary alicyclic amines) is 2. The second-order valence-electron chi connectivity index (χ2n) is 13.3. The van der Waals surface area contributed by atoms with Crippen LogP contribution in [0, 0.1) is 0 Å². The van der Waals surface area contributed by atoms with Crippen LogP contribution in [0.4, 0.5) is 4.79 Å². The van der Waals surface area contributed by atoms with E-state index in [4.69, 9.17) is 16.3 Å². The van der Waals surface area contributed by atoms with Crippen LogP contribution in [0.2, 0.25) is 5.02 Å². The Balaban J connectivity index is 1.25. The number of aldehydes is 1. The first-order chi connectivity index (χ1) is 23.8. The van der Waals surface area contributed by atoms with Gasteiger partial charge in [0.1, 0.15) is 6.29 Å². The predicted octanol–water partition coefficient (Wildman–Crippen LogP) is 5.28. The lowest BCUT2D eigenvalue weighted by molar-refractivity contribution is -0.151. The quantitative estimate of drug-likeness (QED) is 0.120. The van der Waals surface area contributed by atoms with Gasteiger partial charge in [-0.25, -0.2) is 9.59 Å². The largest absolute Gasteiger partial charge is 0.464 e. The molecule has 2 saturated heterocycles. The van der Waals surface area contributed by atoms with Crippen molar-refractivity contribution in [2.75, 3.05) is 45.9 Å². The van der Waals surface area contributed by atoms with Crippen molar-refractivity contribution in [1.82, 2.24) is 20.4 Å². The maximum absolute atomic E-state index is 13.5. The van der Waals surface area contributed by atoms with Gasteiger partial charge < -0.3 is 30.2 Å². The van der Waals surface area contributed by atoms with Gasteiger partial charge in [0.05, 0.1) is 12.2 Å². The van der Waals surface area contributed by atoms with Gasteiger partial charge in [0.15, 0.2) is 6.04 Å². The van der Waals surface area contributed by atoms with Crippen molar-refractivity contribution in [3.8, 4) is 0 Å². The van der Waals surface area contributed by atoms with Crippen LogP contribution in [0.5, 0.6) is 0 Å². The van der Waals surface area contributed by atoms with Crippen LogP contribution in [0.15, 0.2) is 84.9 Å². The SMILES string of the molecule is CCOC(=O)C(C=O)N1CCCC(NC(=O)NCC(CCCN2CCC(O)(c3ccc(Cl)cc3)CC2)(c2ccccc2)c2ccccc2)C1. The van der Waals surface area contributed by atoms with Crippen LogP contribution < -0.4 is 10.6 Å². The number of halogens is 1. The Morgan fingerprint density at radius 3 is 2.22 bits per heavy atom. The fourth-order valence-electron chi connectivity index (χ4n) is 7.42. The highest BCUT2D eigenvalue weighted by atomic mass is 35.5. The fraction of sp³-hybridized carbons (Fsp3) is 0.462. The molecule has 0 radical (unpaired) electrons. The summed E-state index contributed by atoms with van der Waals surface area (Å²) < 4.78 is 5.10. The van der Waals surface area contributed by atoms with Crippen molar-refractivity contribution in [3.63, 3.8) is 0 Å². The van der Waals surface area contributed by atoms with Crippen LogP contribution in [-0.4, -0.2) is 91.2 Å². The van der Waals surface area contributed by atoms with E-state index in [0.29, 0.717) is 43.8 Å². The molecule has 262 valence electrons. The van der Waals surface area contributed by atoms with Crippen LogP contribution in [0.25, 0.3) is 0 Å². The van der Waals surface area contributed by atoms with Crippen molar-refractivity contribution in [1.29, 1.82) is 0 Å². The summed E-state index contributed by atoms with van der Waals surface area (Å²) in [7, 11) is 0. The van der Waals surface area contributed by atoms with Gasteiger partial charge in [0.25, 0.3) is 0 Å². The zero-order valence-electron chi connectivity index (χ0n) is 28.4. The molecule has 0 aromatic heterocycles. The molecule has 0 spiro atoms. The molecule has 2 aliphatic rings. The number of nitrogens with zero attached hydrogens (tertiary/aromatic N) is 2. The minimum absolute atomic E-state index is 0.206. The molecule has 10 heteroatoms. The zero-order chi connectivity index (χ0) is 34.7. The number of piperidine rings is 2. The number of aliphatic hydroxyl groups is 1. The smallest absolute Gasteiger partial charge is 0.330 e. The van der Waals surface area contributed by atoms with Gasteiger partial charge in [-0.2, -0.15) is 0 Å². The summed E-state index contributed by atoms with van der Waals surface area (Å²) in [5, 5.41) is 18.4. The van der Waals surface area contributed by atoms with E-state index in [0.717, 1.165) is 62.0 Å². The molecule has 0 bridgehead atoms. The van der Waals surface area contributed by atoms with Crippen LogP contribution in [-0.2, 0) is 25.3 Å². The van der Waals surface area contributed by atoms with E-state index in [1.165, 1.54) is 0 Å². The molecular weight excluding hydrogens is 640 g/mol. The molecule has 0 aliphatic carbocycles. The Bertz CT molecular complexity index is 1460. The molecule has 49 heavy (non-hydrogen) atoms. The number of nitrogens with one attached hydrogen (secondary N) is 2. The third-order valence-electron chi connectivity index (χ3n) is 10.2. The van der Waals surface area contributed by atoms with Gasteiger partial charge in [-0.1, -0.05) is 84.4 Å². The fourth-order valence-corrected chi connectivity index (χ4v) is 7.55. The highest BCUT2D eigenvalue weighted by Crippen LogP contribution is 2.38. The number of amides is 2. The maximum Gasteiger partial charge on any atom is 0.330 e. The molecule has 2 fully saturated rings. The second kappa shape index (κ2) is 17.3. The molecule has 2 heterocycles. The normalized spacial score (nSPS) is 19.0. The van der Waals surface area contributed by atoms with Crippen LogP contribution >= 0.6 is 11.6 Å². The van der Waals surface area contributed by atoms with Gasteiger partial charge >= 0.3 is 12.0 Å². The van der Waals surface area contributed by atoms with Crippen LogP contribution in [0.1, 0.15) is 62.1 Å². The van der Waals surface area contributed by atoms with Gasteiger partial charge in [0.2, 0.25) is 0 Å². The molecule has 3 aromatic rings. The molecule has 2 unspecified atom stereocenters. The summed E-state index contributed by atoms with van der Waals surface area (Å²) in [6.07, 6.45) is 5.14. The third kappa shape index (κ3) is 9.28. The van der Waals surface area contributed by atoms with Crippen molar-refractivity contribution in [3.05, 3.63) is 107 Å². The first kappa shape index (κ1) is 36.5. The third-order valence-corrected chi connectivity index (χ3v) is 10.4. The van der Waals surface area contributed by atoms with Crippen LogP contribution in [0.3, 0.4) is 0 Å². The van der Waals surface area contributed by atoms with E-state index in [1.807, 2.05) is 60.7 Å². The minimum Gasteiger partial charge on any atom is -0.464 e. The van der Waals surface area contributed by atoms with E-state index in [2.05, 4.69) is 39.8 Å². The summed E-state index contributed by atoms with van der Waals surface area (Å²) in [5.41, 5.74) is 1.84. The Labute approximate surface area is 295 Å². The van der Waals surface area contributed by atoms with Crippen molar-refractivity contribution >= 4 is 29.9 Å². The molecule has 3 N–H and O–H groups in total. The molecule has 2 atom stereocenters. The van der Waals surface area contributed by atoms with Crippen molar-refractivity contribution in [2.45, 2.75) is 68.5 Å². The molecule has 5 rings (SSSR count). The maximum atomic E-state index is 13.5. The van der Waals surface area contributed by atoms with E-state index in [1.54, 1.807) is 11.8 Å². The lowest BCUT2D eigenvalue weighted by Crippen LogP contribution is -2.56. The lowest BCUT2D eigenvalue weighted by atomic mass is 9.71. The average Bonchev–Trinajstić information content (AvgIpc) is 3.12. The topological polar surface area (TPSA) is 111 Å². The average molecular weight is 689 g/mol. The summed E-state index contributed by atoms with van der Waals surface area (Å²) in [4.78, 5) is 41.8. The molecular formula is C39H49ClN4O5. The molecule has 0 saturated carbocycles. The Kier molecular flexibility index (Phi) is 12.9. The molecule has 9 nitrogen and oxygen atoms in total. The summed E-state index contributed by atoms with van der Waals surface area (Å²) >= 11 is 6.08. The minimum atomic E-state index is -0.970. The lowest BCUT2D eigenvalue weighted by Gasteiger charge is -2.40. The number of hydrogen-bond acceptors (Lipinski definition) is 7. The first-order valence-corrected chi connectivity index (χ1v) is 17.9. The van der Waals surface area contributed by atoms with Gasteiger partial charge in [-0.05, 0) is 87.4 Å². The monoisotopic (exact) mass is 688 g/mol. The predicted molar refractivity (Wildman–Crippen MR) is 192 cm³/mol. The first-order valence-electron chi connectivity index (χ1n) is 17.5. The summed E-state index contributed by atoms with van der Waals surface area (Å²) in [5.74, 6) is -0.556. The second-order valence-corrected chi connectivity index (χ2v) is 13.7. The van der Waals surface area contributed by atoms with E-state index in [9.17, 15) is 19.5 Å². The van der Waals surface area contributed by atoms with Gasteiger partial charge in [-0.15, -0.1) is 0 Å². The number of esters is 1. The zero-order valence-corrected chi connectivity index (χ0v) is 29.1. The highest BCUT2D eigenvalue weighted by molar-refractivity contribution is 6.30. The molecule has 3 aromatic carbocycles. The van der Waals surface area contributed by atoms with Crippen molar-refractivity contribution < 1.29 is 24.2 Å². The molecule has 2 amide bonds. The summed E-state index contributed by atoms with van der Waals surface area (Å²) in [6, 6.07) is 26.8. The number of ether oxygens (including phenoxy) is 1. The van der Waals surface area contributed by atoms with E-state index < -0.39 is 23.0 Å².